The summed E-state index contributed by atoms with van der Waals surface area (Å²) in [5.74, 6) is 0.324. The molecule has 1 aromatic carbocycles. The zero-order chi connectivity index (χ0) is 14.8. The minimum absolute atomic E-state index is 0.0210. The molecule has 0 aliphatic rings. The van der Waals surface area contributed by atoms with Gasteiger partial charge in [0.2, 0.25) is 0 Å². The van der Waals surface area contributed by atoms with E-state index in [-0.39, 0.29) is 11.9 Å². The van der Waals surface area contributed by atoms with Crippen LogP contribution in [-0.4, -0.2) is 10.9 Å². The lowest BCUT2D eigenvalue weighted by molar-refractivity contribution is 0.0928. The van der Waals surface area contributed by atoms with Crippen molar-refractivity contribution in [2.45, 2.75) is 19.9 Å². The summed E-state index contributed by atoms with van der Waals surface area (Å²) in [7, 11) is 0. The average Bonchev–Trinajstić information content (AvgIpc) is 3.14. The lowest BCUT2D eigenvalue weighted by Gasteiger charge is -2.21. The molecule has 2 heterocycles. The Kier molecular flexibility index (Phi) is 3.80. The Morgan fingerprint density at radius 2 is 2.05 bits per heavy atom. The van der Waals surface area contributed by atoms with Crippen LogP contribution < -0.4 is 5.32 Å². The zero-order valence-electron chi connectivity index (χ0n) is 12.1. The van der Waals surface area contributed by atoms with Crippen molar-refractivity contribution in [3.63, 3.8) is 0 Å². The third kappa shape index (κ3) is 2.72. The monoisotopic (exact) mass is 298 g/mol. The second-order valence-electron chi connectivity index (χ2n) is 5.46. The van der Waals surface area contributed by atoms with E-state index in [9.17, 15) is 4.79 Å². The third-order valence-electron chi connectivity index (χ3n) is 3.64. The molecule has 3 rings (SSSR count). The van der Waals surface area contributed by atoms with Crippen LogP contribution in [0.3, 0.4) is 0 Å². The van der Waals surface area contributed by atoms with Crippen LogP contribution in [0.4, 0.5) is 0 Å². The number of benzene rings is 1. The van der Waals surface area contributed by atoms with Gasteiger partial charge < -0.3 is 10.3 Å². The van der Waals surface area contributed by atoms with E-state index >= 15 is 0 Å². The van der Waals surface area contributed by atoms with Crippen molar-refractivity contribution in [1.82, 2.24) is 10.3 Å². The van der Waals surface area contributed by atoms with E-state index in [0.717, 1.165) is 16.5 Å². The van der Waals surface area contributed by atoms with E-state index in [0.29, 0.717) is 5.92 Å². The van der Waals surface area contributed by atoms with Crippen molar-refractivity contribution in [3.8, 4) is 0 Å². The van der Waals surface area contributed by atoms with Crippen molar-refractivity contribution in [2.24, 2.45) is 5.92 Å². The number of aromatic amines is 1. The van der Waals surface area contributed by atoms with Gasteiger partial charge in [-0.05, 0) is 35.6 Å². The van der Waals surface area contributed by atoms with Gasteiger partial charge in [-0.1, -0.05) is 26.0 Å². The Morgan fingerprint density at radius 1 is 1.19 bits per heavy atom. The van der Waals surface area contributed by atoms with Crippen LogP contribution in [0.25, 0.3) is 10.9 Å². The molecule has 4 heteroatoms. The van der Waals surface area contributed by atoms with Crippen molar-refractivity contribution < 1.29 is 4.79 Å². The van der Waals surface area contributed by atoms with E-state index in [2.05, 4.69) is 30.2 Å². The maximum atomic E-state index is 12.6. The van der Waals surface area contributed by atoms with E-state index < -0.39 is 0 Å². The van der Waals surface area contributed by atoms with Crippen LogP contribution in [-0.2, 0) is 0 Å². The minimum atomic E-state index is -0.0210. The number of carbonyl (C=O) groups is 1. The molecule has 2 N–H and O–H groups in total. The molecule has 0 aliphatic carbocycles. The highest BCUT2D eigenvalue weighted by Gasteiger charge is 2.21. The first-order chi connectivity index (χ1) is 10.2. The van der Waals surface area contributed by atoms with Crippen molar-refractivity contribution in [3.05, 3.63) is 58.4 Å². The number of aromatic nitrogens is 1. The van der Waals surface area contributed by atoms with Crippen LogP contribution in [0, 0.1) is 5.92 Å². The highest BCUT2D eigenvalue weighted by Crippen LogP contribution is 2.27. The molecule has 0 spiro atoms. The van der Waals surface area contributed by atoms with E-state index in [4.69, 9.17) is 0 Å². The summed E-state index contributed by atoms with van der Waals surface area (Å²) in [6.45, 7) is 4.25. The number of rotatable bonds is 4. The fourth-order valence-electron chi connectivity index (χ4n) is 2.54. The summed E-state index contributed by atoms with van der Waals surface area (Å²) in [5.41, 5.74) is 1.70. The van der Waals surface area contributed by atoms with Crippen LogP contribution >= 0.6 is 11.3 Å². The molecule has 21 heavy (non-hydrogen) atoms. The summed E-state index contributed by atoms with van der Waals surface area (Å²) >= 11 is 1.68. The number of amides is 1. The quantitative estimate of drug-likeness (QED) is 0.738. The molecule has 0 radical (unpaired) electrons. The number of hydrogen-bond donors (Lipinski definition) is 2. The molecule has 0 saturated carbocycles. The predicted octanol–water partition coefficient (Wildman–Crippen LogP) is 4.36. The molecule has 0 bridgehead atoms. The maximum Gasteiger partial charge on any atom is 0.252 e. The van der Waals surface area contributed by atoms with Gasteiger partial charge in [-0.15, -0.1) is 11.3 Å². The Hall–Kier alpha value is -2.07. The molecule has 0 saturated heterocycles. The number of H-pyrrole nitrogens is 1. The summed E-state index contributed by atoms with van der Waals surface area (Å²) in [6.07, 6.45) is 1.86. The van der Waals surface area contributed by atoms with Gasteiger partial charge in [-0.25, -0.2) is 0 Å². The standard InChI is InChI=1S/C17H18N2OS/c1-11(2)16(15-7-4-10-21-15)19-17(20)13-5-3-6-14-12(13)8-9-18-14/h3-11,16,18H,1-2H3,(H,19,20). The summed E-state index contributed by atoms with van der Waals surface area (Å²) in [6, 6.07) is 11.8. The molecule has 0 aliphatic heterocycles. The predicted molar refractivity (Wildman–Crippen MR) is 87.7 cm³/mol. The maximum absolute atomic E-state index is 12.6. The highest BCUT2D eigenvalue weighted by atomic mass is 32.1. The first kappa shape index (κ1) is 13.9. The second-order valence-corrected chi connectivity index (χ2v) is 6.43. The Morgan fingerprint density at radius 3 is 2.76 bits per heavy atom. The normalized spacial score (nSPS) is 12.7. The van der Waals surface area contributed by atoms with Crippen LogP contribution in [0.2, 0.25) is 0 Å². The summed E-state index contributed by atoms with van der Waals surface area (Å²) in [5, 5.41) is 6.18. The summed E-state index contributed by atoms with van der Waals surface area (Å²) < 4.78 is 0. The van der Waals surface area contributed by atoms with Gasteiger partial charge in [0.05, 0.1) is 6.04 Å². The lowest BCUT2D eigenvalue weighted by Crippen LogP contribution is -2.31. The van der Waals surface area contributed by atoms with Gasteiger partial charge in [0.25, 0.3) is 5.91 Å². The van der Waals surface area contributed by atoms with Crippen LogP contribution in [0.5, 0.6) is 0 Å². The van der Waals surface area contributed by atoms with Gasteiger partial charge in [-0.2, -0.15) is 0 Å². The molecule has 1 unspecified atom stereocenters. The molecule has 2 aromatic heterocycles. The van der Waals surface area contributed by atoms with Crippen LogP contribution in [0.15, 0.2) is 48.0 Å². The van der Waals surface area contributed by atoms with E-state index in [1.54, 1.807) is 11.3 Å². The molecular weight excluding hydrogens is 280 g/mol. The van der Waals surface area contributed by atoms with Gasteiger partial charge in [0, 0.05) is 27.5 Å². The van der Waals surface area contributed by atoms with Crippen molar-refractivity contribution in [1.29, 1.82) is 0 Å². The highest BCUT2D eigenvalue weighted by molar-refractivity contribution is 7.10. The van der Waals surface area contributed by atoms with Crippen LogP contribution in [0.1, 0.15) is 35.1 Å². The Bertz CT molecular complexity index is 743. The Balaban J connectivity index is 1.90. The van der Waals surface area contributed by atoms with Gasteiger partial charge >= 0.3 is 0 Å². The molecule has 1 atom stereocenters. The van der Waals surface area contributed by atoms with E-state index in [1.165, 1.54) is 4.88 Å². The number of carbonyl (C=O) groups excluding carboxylic acids is 1. The average molecular weight is 298 g/mol. The number of nitrogens with one attached hydrogen (secondary N) is 2. The van der Waals surface area contributed by atoms with Gasteiger partial charge in [0.15, 0.2) is 0 Å². The Labute approximate surface area is 128 Å². The molecular formula is C17H18N2OS. The van der Waals surface area contributed by atoms with E-state index in [1.807, 2.05) is 41.9 Å². The third-order valence-corrected chi connectivity index (χ3v) is 4.60. The van der Waals surface area contributed by atoms with Gasteiger partial charge in [-0.3, -0.25) is 4.79 Å². The largest absolute Gasteiger partial charge is 0.361 e. The zero-order valence-corrected chi connectivity index (χ0v) is 12.9. The topological polar surface area (TPSA) is 44.9 Å². The number of hydrogen-bond acceptors (Lipinski definition) is 2. The molecule has 0 fully saturated rings. The second kappa shape index (κ2) is 5.74. The SMILES string of the molecule is CC(C)C(NC(=O)c1cccc2[nH]ccc12)c1cccs1. The number of thiophene rings is 1. The molecule has 1 amide bonds. The fraction of sp³-hybridized carbons (Fsp3) is 0.235. The first-order valence-corrected chi connectivity index (χ1v) is 7.95. The molecule has 3 aromatic rings. The molecule has 3 nitrogen and oxygen atoms in total. The lowest BCUT2D eigenvalue weighted by atomic mass is 10.0. The summed E-state index contributed by atoms with van der Waals surface area (Å²) in [4.78, 5) is 17.0. The number of fused-ring (bicyclic) bond motifs is 1. The molecule has 108 valence electrons. The van der Waals surface area contributed by atoms with Gasteiger partial charge in [0.1, 0.15) is 0 Å². The smallest absolute Gasteiger partial charge is 0.252 e. The van der Waals surface area contributed by atoms with Crippen molar-refractivity contribution >= 4 is 28.1 Å². The first-order valence-electron chi connectivity index (χ1n) is 7.07. The fourth-order valence-corrected chi connectivity index (χ4v) is 3.49. The van der Waals surface area contributed by atoms with Crippen molar-refractivity contribution in [2.75, 3.05) is 0 Å². The minimum Gasteiger partial charge on any atom is -0.361 e.